The van der Waals surface area contributed by atoms with Gasteiger partial charge < -0.3 is 19.5 Å². The fourth-order valence-electron chi connectivity index (χ4n) is 2.95. The van der Waals surface area contributed by atoms with Gasteiger partial charge in [-0.25, -0.2) is 4.79 Å². The van der Waals surface area contributed by atoms with Gasteiger partial charge in [0.1, 0.15) is 18.0 Å². The number of aryl methyl sites for hydroxylation is 1. The summed E-state index contributed by atoms with van der Waals surface area (Å²) in [6, 6.07) is 10.8. The van der Waals surface area contributed by atoms with Crippen molar-refractivity contribution >= 4 is 23.3 Å². The molecule has 1 aliphatic heterocycles. The first-order valence-corrected chi connectivity index (χ1v) is 9.49. The third-order valence-corrected chi connectivity index (χ3v) is 4.51. The molecule has 9 nitrogen and oxygen atoms in total. The average Bonchev–Trinajstić information content (AvgIpc) is 3.25. The standard InChI is InChI=1S/C21H22N2O7/c1-14-4-9-18(19(11-14)23(26)27)22-20(24)13-30-21(25)15-5-7-16(8-6-15)29-12-17-3-2-10-28-17/h4-9,11,17H,2-3,10,12-13H2,1H3,(H,22,24). The third kappa shape index (κ3) is 5.77. The first kappa shape index (κ1) is 21.3. The minimum absolute atomic E-state index is 0.0411. The topological polar surface area (TPSA) is 117 Å². The smallest absolute Gasteiger partial charge is 0.338 e. The number of hydrogen-bond donors (Lipinski definition) is 1. The van der Waals surface area contributed by atoms with Gasteiger partial charge in [-0.05, 0) is 55.7 Å². The number of nitrogens with one attached hydrogen (secondary N) is 1. The van der Waals surface area contributed by atoms with E-state index in [1.807, 2.05) is 0 Å². The Morgan fingerprint density at radius 3 is 2.67 bits per heavy atom. The molecule has 1 saturated heterocycles. The number of esters is 1. The highest BCUT2D eigenvalue weighted by Gasteiger charge is 2.18. The summed E-state index contributed by atoms with van der Waals surface area (Å²) in [7, 11) is 0. The maximum Gasteiger partial charge on any atom is 0.338 e. The second-order valence-corrected chi connectivity index (χ2v) is 6.87. The molecule has 0 aliphatic carbocycles. The molecular formula is C21H22N2O7. The molecule has 1 unspecified atom stereocenters. The van der Waals surface area contributed by atoms with Crippen molar-refractivity contribution in [2.45, 2.75) is 25.9 Å². The first-order chi connectivity index (χ1) is 14.4. The van der Waals surface area contributed by atoms with Gasteiger partial charge in [0.2, 0.25) is 0 Å². The number of nitro groups is 1. The second kappa shape index (κ2) is 9.84. The molecule has 2 aromatic carbocycles. The molecule has 1 fully saturated rings. The molecule has 1 N–H and O–H groups in total. The minimum atomic E-state index is -0.686. The molecule has 1 amide bonds. The summed E-state index contributed by atoms with van der Waals surface area (Å²) in [5.74, 6) is -0.757. The van der Waals surface area contributed by atoms with Gasteiger partial charge in [0.15, 0.2) is 6.61 Å². The quantitative estimate of drug-likeness (QED) is 0.400. The van der Waals surface area contributed by atoms with Gasteiger partial charge in [0, 0.05) is 12.7 Å². The molecular weight excluding hydrogens is 392 g/mol. The summed E-state index contributed by atoms with van der Waals surface area (Å²) < 4.78 is 16.1. The fourth-order valence-corrected chi connectivity index (χ4v) is 2.95. The molecule has 0 spiro atoms. The van der Waals surface area contributed by atoms with Crippen molar-refractivity contribution in [1.82, 2.24) is 0 Å². The van der Waals surface area contributed by atoms with Crippen LogP contribution in [-0.4, -0.2) is 42.7 Å². The van der Waals surface area contributed by atoms with Crippen molar-refractivity contribution < 1.29 is 28.7 Å². The van der Waals surface area contributed by atoms with E-state index >= 15 is 0 Å². The lowest BCUT2D eigenvalue weighted by molar-refractivity contribution is -0.384. The number of rotatable bonds is 8. The SMILES string of the molecule is Cc1ccc(NC(=O)COC(=O)c2ccc(OCC3CCCO3)cc2)c([N+](=O)[O-])c1. The molecule has 0 bridgehead atoms. The van der Waals surface area contributed by atoms with Gasteiger partial charge in [-0.3, -0.25) is 14.9 Å². The Balaban J connectivity index is 1.49. The minimum Gasteiger partial charge on any atom is -0.491 e. The van der Waals surface area contributed by atoms with E-state index in [1.165, 1.54) is 24.3 Å². The zero-order chi connectivity index (χ0) is 21.5. The second-order valence-electron chi connectivity index (χ2n) is 6.87. The van der Waals surface area contributed by atoms with Crippen LogP contribution in [0.25, 0.3) is 0 Å². The molecule has 1 aliphatic rings. The van der Waals surface area contributed by atoms with Crippen LogP contribution < -0.4 is 10.1 Å². The number of benzene rings is 2. The highest BCUT2D eigenvalue weighted by atomic mass is 16.6. The zero-order valence-corrected chi connectivity index (χ0v) is 16.5. The molecule has 0 radical (unpaired) electrons. The van der Waals surface area contributed by atoms with E-state index in [9.17, 15) is 19.7 Å². The average molecular weight is 414 g/mol. The monoisotopic (exact) mass is 414 g/mol. The predicted molar refractivity (Wildman–Crippen MR) is 108 cm³/mol. The van der Waals surface area contributed by atoms with E-state index in [-0.39, 0.29) is 23.0 Å². The van der Waals surface area contributed by atoms with Gasteiger partial charge in [0.05, 0.1) is 16.6 Å². The van der Waals surface area contributed by atoms with Crippen LogP contribution in [0.15, 0.2) is 42.5 Å². The third-order valence-electron chi connectivity index (χ3n) is 4.51. The van der Waals surface area contributed by atoms with Gasteiger partial charge in [0.25, 0.3) is 11.6 Å². The Bertz CT molecular complexity index is 921. The lowest BCUT2D eigenvalue weighted by atomic mass is 10.2. The number of hydrogen-bond acceptors (Lipinski definition) is 7. The lowest BCUT2D eigenvalue weighted by Gasteiger charge is -2.11. The fraction of sp³-hybridized carbons (Fsp3) is 0.333. The zero-order valence-electron chi connectivity index (χ0n) is 16.5. The summed E-state index contributed by atoms with van der Waals surface area (Å²) in [6.45, 7) is 2.35. The van der Waals surface area contributed by atoms with Gasteiger partial charge in [-0.15, -0.1) is 0 Å². The number of anilines is 1. The van der Waals surface area contributed by atoms with Crippen LogP contribution >= 0.6 is 0 Å². The summed E-state index contributed by atoms with van der Waals surface area (Å²) in [4.78, 5) is 34.7. The van der Waals surface area contributed by atoms with E-state index in [2.05, 4.69) is 5.32 Å². The number of carbonyl (C=O) groups is 2. The number of nitrogens with zero attached hydrogens (tertiary/aromatic N) is 1. The van der Waals surface area contributed by atoms with Gasteiger partial charge >= 0.3 is 5.97 Å². The van der Waals surface area contributed by atoms with E-state index in [0.717, 1.165) is 19.4 Å². The van der Waals surface area contributed by atoms with Crippen LogP contribution in [0, 0.1) is 17.0 Å². The molecule has 30 heavy (non-hydrogen) atoms. The molecule has 0 aromatic heterocycles. The van der Waals surface area contributed by atoms with E-state index < -0.39 is 23.4 Å². The van der Waals surface area contributed by atoms with Crippen molar-refractivity contribution in [2.24, 2.45) is 0 Å². The summed E-state index contributed by atoms with van der Waals surface area (Å²) in [5, 5.41) is 13.5. The van der Waals surface area contributed by atoms with E-state index in [1.54, 1.807) is 25.1 Å². The van der Waals surface area contributed by atoms with Crippen molar-refractivity contribution in [3.8, 4) is 5.75 Å². The lowest BCUT2D eigenvalue weighted by Crippen LogP contribution is -2.21. The van der Waals surface area contributed by atoms with E-state index in [4.69, 9.17) is 14.2 Å². The highest BCUT2D eigenvalue weighted by molar-refractivity contribution is 5.96. The van der Waals surface area contributed by atoms with Crippen molar-refractivity contribution in [1.29, 1.82) is 0 Å². The largest absolute Gasteiger partial charge is 0.491 e. The molecule has 0 saturated carbocycles. The summed E-state index contributed by atoms with van der Waals surface area (Å²) in [5.41, 5.74) is 0.760. The predicted octanol–water partition coefficient (Wildman–Crippen LogP) is 3.26. The molecule has 1 atom stereocenters. The van der Waals surface area contributed by atoms with Gasteiger partial charge in [-0.2, -0.15) is 0 Å². The van der Waals surface area contributed by atoms with Crippen LogP contribution in [0.5, 0.6) is 5.75 Å². The Kier molecular flexibility index (Phi) is 6.97. The van der Waals surface area contributed by atoms with Gasteiger partial charge in [-0.1, -0.05) is 6.07 Å². The summed E-state index contributed by atoms with van der Waals surface area (Å²) >= 11 is 0. The van der Waals surface area contributed by atoms with Crippen LogP contribution in [0.1, 0.15) is 28.8 Å². The van der Waals surface area contributed by atoms with E-state index in [0.29, 0.717) is 17.9 Å². The van der Waals surface area contributed by atoms with Crippen molar-refractivity contribution in [3.63, 3.8) is 0 Å². The Labute approximate surface area is 173 Å². The number of ether oxygens (including phenoxy) is 3. The molecule has 2 aromatic rings. The highest BCUT2D eigenvalue weighted by Crippen LogP contribution is 2.25. The van der Waals surface area contributed by atoms with Crippen LogP contribution in [0.2, 0.25) is 0 Å². The Hall–Kier alpha value is -3.46. The van der Waals surface area contributed by atoms with Crippen molar-refractivity contribution in [3.05, 3.63) is 63.7 Å². The number of carbonyl (C=O) groups excluding carboxylic acids is 2. The first-order valence-electron chi connectivity index (χ1n) is 9.49. The van der Waals surface area contributed by atoms with Crippen LogP contribution in [0.4, 0.5) is 11.4 Å². The van der Waals surface area contributed by atoms with Crippen molar-refractivity contribution in [2.75, 3.05) is 25.1 Å². The molecule has 1 heterocycles. The summed E-state index contributed by atoms with van der Waals surface area (Å²) in [6.07, 6.45) is 2.10. The van der Waals surface area contributed by atoms with Crippen LogP contribution in [-0.2, 0) is 14.3 Å². The molecule has 9 heteroatoms. The number of nitro benzene ring substituents is 1. The molecule has 3 rings (SSSR count). The Morgan fingerprint density at radius 1 is 1.23 bits per heavy atom. The normalized spacial score (nSPS) is 15.4. The Morgan fingerprint density at radius 2 is 2.00 bits per heavy atom. The van der Waals surface area contributed by atoms with Crippen LogP contribution in [0.3, 0.4) is 0 Å². The molecule has 158 valence electrons. The maximum atomic E-state index is 12.1. The number of amides is 1. The maximum absolute atomic E-state index is 12.1.